The second-order valence-electron chi connectivity index (χ2n) is 5.87. The average Bonchev–Trinajstić information content (AvgIpc) is 3.01. The van der Waals surface area contributed by atoms with Crippen LogP contribution in [0.25, 0.3) is 0 Å². The molecule has 1 saturated carbocycles. The van der Waals surface area contributed by atoms with Crippen LogP contribution in [-0.2, 0) is 0 Å². The number of nitrogens with one attached hydrogen (secondary N) is 2. The fourth-order valence-electron chi connectivity index (χ4n) is 3.03. The van der Waals surface area contributed by atoms with E-state index in [2.05, 4.69) is 10.6 Å². The first-order valence-electron chi connectivity index (χ1n) is 7.85. The van der Waals surface area contributed by atoms with Gasteiger partial charge in [-0.05, 0) is 30.9 Å². The number of benzene rings is 1. The molecule has 1 aromatic rings. The van der Waals surface area contributed by atoms with Crippen molar-refractivity contribution < 1.29 is 19.4 Å². The van der Waals surface area contributed by atoms with Crippen molar-refractivity contribution in [2.75, 3.05) is 18.7 Å². The fraction of sp³-hybridized carbons (Fsp3) is 0.562. The van der Waals surface area contributed by atoms with Gasteiger partial charge in [-0.15, -0.1) is 0 Å². The van der Waals surface area contributed by atoms with Crippen LogP contribution >= 0.6 is 0 Å². The lowest BCUT2D eigenvalue weighted by atomic mass is 9.85. The Kier molecular flexibility index (Phi) is 4.68. The molecule has 0 radical (unpaired) electrons. The molecule has 0 spiro atoms. The van der Waals surface area contributed by atoms with Crippen molar-refractivity contribution >= 4 is 11.7 Å². The van der Waals surface area contributed by atoms with E-state index in [1.54, 1.807) is 18.2 Å². The molecule has 3 rings (SSSR count). The highest BCUT2D eigenvalue weighted by Crippen LogP contribution is 2.34. The minimum atomic E-state index is -0.470. The molecule has 1 atom stereocenters. The molecule has 6 nitrogen and oxygen atoms in total. The smallest absolute Gasteiger partial charge is 0.319 e. The zero-order valence-electron chi connectivity index (χ0n) is 12.5. The highest BCUT2D eigenvalue weighted by Gasteiger charge is 2.22. The number of anilines is 1. The fourth-order valence-corrected chi connectivity index (χ4v) is 3.03. The molecule has 1 aromatic carbocycles. The Bertz CT molecular complexity index is 529. The normalized spacial score (nSPS) is 18.8. The molecular formula is C16H22N2O4. The van der Waals surface area contributed by atoms with E-state index >= 15 is 0 Å². The van der Waals surface area contributed by atoms with Gasteiger partial charge < -0.3 is 25.2 Å². The third-order valence-corrected chi connectivity index (χ3v) is 4.30. The van der Waals surface area contributed by atoms with Gasteiger partial charge in [-0.25, -0.2) is 4.79 Å². The molecular weight excluding hydrogens is 284 g/mol. The second-order valence-corrected chi connectivity index (χ2v) is 5.87. The summed E-state index contributed by atoms with van der Waals surface area (Å²) in [6, 6.07) is 4.91. The minimum Gasteiger partial charge on any atom is -0.454 e. The molecule has 2 aliphatic rings. The van der Waals surface area contributed by atoms with Crippen LogP contribution in [-0.4, -0.2) is 30.6 Å². The summed E-state index contributed by atoms with van der Waals surface area (Å²) in [5.74, 6) is 1.61. The molecule has 0 saturated heterocycles. The lowest BCUT2D eigenvalue weighted by molar-refractivity contribution is 0.0863. The molecule has 1 heterocycles. The Labute approximate surface area is 129 Å². The van der Waals surface area contributed by atoms with Crippen molar-refractivity contribution in [1.29, 1.82) is 0 Å². The van der Waals surface area contributed by atoms with Crippen LogP contribution in [0.15, 0.2) is 18.2 Å². The zero-order valence-corrected chi connectivity index (χ0v) is 12.5. The lowest BCUT2D eigenvalue weighted by Crippen LogP contribution is -2.39. The van der Waals surface area contributed by atoms with E-state index in [0.717, 1.165) is 12.8 Å². The number of carbonyl (C=O) groups excluding carboxylic acids is 1. The predicted octanol–water partition coefficient (Wildman–Crippen LogP) is 2.48. The molecule has 2 amide bonds. The van der Waals surface area contributed by atoms with E-state index in [4.69, 9.17) is 9.47 Å². The monoisotopic (exact) mass is 306 g/mol. The average molecular weight is 306 g/mol. The Hall–Kier alpha value is -1.95. The number of amides is 2. The maximum atomic E-state index is 11.9. The number of urea groups is 1. The molecule has 1 fully saturated rings. The number of ether oxygens (including phenoxy) is 2. The standard InChI is InChI=1S/C16H22N2O4/c19-13(11-4-2-1-3-5-11)9-17-16(20)18-12-6-7-14-15(8-12)22-10-21-14/h6-8,11,13,19H,1-5,9-10H2,(H2,17,18,20)/t13-/m0/s1. The summed E-state index contributed by atoms with van der Waals surface area (Å²) in [6.07, 6.45) is 5.22. The first-order valence-corrected chi connectivity index (χ1v) is 7.85. The summed E-state index contributed by atoms with van der Waals surface area (Å²) in [4.78, 5) is 11.9. The van der Waals surface area contributed by atoms with Crippen molar-refractivity contribution in [3.05, 3.63) is 18.2 Å². The topological polar surface area (TPSA) is 79.8 Å². The van der Waals surface area contributed by atoms with Crippen molar-refractivity contribution in [2.45, 2.75) is 38.2 Å². The Balaban J connectivity index is 1.46. The van der Waals surface area contributed by atoms with E-state index in [1.165, 1.54) is 19.3 Å². The Morgan fingerprint density at radius 3 is 2.82 bits per heavy atom. The summed E-state index contributed by atoms with van der Waals surface area (Å²) in [6.45, 7) is 0.486. The van der Waals surface area contributed by atoms with Crippen LogP contribution in [0.4, 0.5) is 10.5 Å². The van der Waals surface area contributed by atoms with Crippen LogP contribution in [0, 0.1) is 5.92 Å². The highest BCUT2D eigenvalue weighted by molar-refractivity contribution is 5.89. The van der Waals surface area contributed by atoms with Gasteiger partial charge >= 0.3 is 6.03 Å². The van der Waals surface area contributed by atoms with E-state index in [-0.39, 0.29) is 19.4 Å². The van der Waals surface area contributed by atoms with Gasteiger partial charge in [0, 0.05) is 18.3 Å². The van der Waals surface area contributed by atoms with Gasteiger partial charge in [0.2, 0.25) is 6.79 Å². The number of rotatable bonds is 4. The van der Waals surface area contributed by atoms with E-state index < -0.39 is 6.10 Å². The third kappa shape index (κ3) is 3.62. The largest absolute Gasteiger partial charge is 0.454 e. The predicted molar refractivity (Wildman–Crippen MR) is 82.2 cm³/mol. The van der Waals surface area contributed by atoms with Crippen LogP contribution in [0.1, 0.15) is 32.1 Å². The molecule has 1 aliphatic carbocycles. The summed E-state index contributed by atoms with van der Waals surface area (Å²) < 4.78 is 10.5. The van der Waals surface area contributed by atoms with E-state index in [0.29, 0.717) is 23.1 Å². The van der Waals surface area contributed by atoms with Gasteiger partial charge in [0.25, 0.3) is 0 Å². The molecule has 0 bridgehead atoms. The molecule has 0 aromatic heterocycles. The lowest BCUT2D eigenvalue weighted by Gasteiger charge is -2.26. The van der Waals surface area contributed by atoms with Gasteiger partial charge in [-0.2, -0.15) is 0 Å². The summed E-state index contributed by atoms with van der Waals surface area (Å²) in [5.41, 5.74) is 0.633. The van der Waals surface area contributed by atoms with Gasteiger partial charge in [0.15, 0.2) is 11.5 Å². The molecule has 3 N–H and O–H groups in total. The highest BCUT2D eigenvalue weighted by atomic mass is 16.7. The number of hydrogen-bond acceptors (Lipinski definition) is 4. The number of aliphatic hydroxyl groups is 1. The van der Waals surface area contributed by atoms with Gasteiger partial charge in [0.05, 0.1) is 6.10 Å². The summed E-state index contributed by atoms with van der Waals surface area (Å²) in [5, 5.41) is 15.6. The number of fused-ring (bicyclic) bond motifs is 1. The summed E-state index contributed by atoms with van der Waals surface area (Å²) >= 11 is 0. The van der Waals surface area contributed by atoms with Crippen LogP contribution < -0.4 is 20.1 Å². The Morgan fingerprint density at radius 2 is 2.00 bits per heavy atom. The molecule has 22 heavy (non-hydrogen) atoms. The number of carbonyl (C=O) groups is 1. The quantitative estimate of drug-likeness (QED) is 0.798. The van der Waals surface area contributed by atoms with Crippen molar-refractivity contribution in [3.8, 4) is 11.5 Å². The molecule has 120 valence electrons. The van der Waals surface area contributed by atoms with Gasteiger partial charge in [-0.3, -0.25) is 0 Å². The van der Waals surface area contributed by atoms with Gasteiger partial charge in [-0.1, -0.05) is 19.3 Å². The van der Waals surface area contributed by atoms with Crippen molar-refractivity contribution in [3.63, 3.8) is 0 Å². The van der Waals surface area contributed by atoms with Crippen LogP contribution in [0.5, 0.6) is 11.5 Å². The SMILES string of the molecule is O=C(NC[C@H](O)C1CCCCC1)Nc1ccc2c(c1)OCO2. The van der Waals surface area contributed by atoms with E-state index in [1.807, 2.05) is 0 Å². The van der Waals surface area contributed by atoms with Crippen molar-refractivity contribution in [2.24, 2.45) is 5.92 Å². The van der Waals surface area contributed by atoms with Gasteiger partial charge in [0.1, 0.15) is 0 Å². The van der Waals surface area contributed by atoms with Crippen LogP contribution in [0.2, 0.25) is 0 Å². The number of hydrogen-bond donors (Lipinski definition) is 3. The summed E-state index contributed by atoms with van der Waals surface area (Å²) in [7, 11) is 0. The number of aliphatic hydroxyl groups excluding tert-OH is 1. The maximum absolute atomic E-state index is 11.9. The Morgan fingerprint density at radius 1 is 1.23 bits per heavy atom. The van der Waals surface area contributed by atoms with Crippen LogP contribution in [0.3, 0.4) is 0 Å². The van der Waals surface area contributed by atoms with E-state index in [9.17, 15) is 9.90 Å². The minimum absolute atomic E-state index is 0.207. The molecule has 6 heteroatoms. The first kappa shape index (κ1) is 15.0. The maximum Gasteiger partial charge on any atom is 0.319 e. The second kappa shape index (κ2) is 6.87. The zero-order chi connectivity index (χ0) is 15.4. The molecule has 1 aliphatic heterocycles. The van der Waals surface area contributed by atoms with Crippen molar-refractivity contribution in [1.82, 2.24) is 5.32 Å². The first-order chi connectivity index (χ1) is 10.7. The third-order valence-electron chi connectivity index (χ3n) is 4.30. The molecule has 0 unspecified atom stereocenters.